The van der Waals surface area contributed by atoms with Crippen molar-refractivity contribution < 1.29 is 4.74 Å². The number of alkyl halides is 1. The van der Waals surface area contributed by atoms with Gasteiger partial charge in [0.15, 0.2) is 0 Å². The summed E-state index contributed by atoms with van der Waals surface area (Å²) in [6.45, 7) is 4.21. The van der Waals surface area contributed by atoms with Gasteiger partial charge >= 0.3 is 0 Å². The lowest BCUT2D eigenvalue weighted by atomic mass is 9.92. The minimum absolute atomic E-state index is 0.493. The molecule has 0 bridgehead atoms. The van der Waals surface area contributed by atoms with E-state index >= 15 is 0 Å². The number of hydrogen-bond acceptors (Lipinski definition) is 2. The Morgan fingerprint density at radius 1 is 1.60 bits per heavy atom. The van der Waals surface area contributed by atoms with E-state index in [0.717, 1.165) is 18.5 Å². The van der Waals surface area contributed by atoms with Crippen molar-refractivity contribution in [3.05, 3.63) is 0 Å². The first kappa shape index (κ1) is 8.88. The van der Waals surface area contributed by atoms with Gasteiger partial charge in [0.25, 0.3) is 0 Å². The average molecular weight is 225 g/mol. The van der Waals surface area contributed by atoms with Crippen molar-refractivity contribution in [2.75, 3.05) is 30.0 Å². The fourth-order valence-electron chi connectivity index (χ4n) is 0.907. The highest BCUT2D eigenvalue weighted by Gasteiger charge is 2.32. The molecular weight excluding hydrogens is 212 g/mol. The third-order valence-electron chi connectivity index (χ3n) is 1.57. The highest BCUT2D eigenvalue weighted by atomic mass is 79.9. The second kappa shape index (κ2) is 3.98. The molecule has 0 saturated carbocycles. The van der Waals surface area contributed by atoms with Crippen LogP contribution in [0.5, 0.6) is 0 Å². The lowest BCUT2D eigenvalue weighted by molar-refractivity contribution is -0.0861. The van der Waals surface area contributed by atoms with E-state index in [9.17, 15) is 0 Å². The van der Waals surface area contributed by atoms with Crippen molar-refractivity contribution in [2.45, 2.75) is 6.92 Å². The first-order valence-corrected chi connectivity index (χ1v) is 5.76. The summed E-state index contributed by atoms with van der Waals surface area (Å²) < 4.78 is 5.14. The minimum atomic E-state index is 0.493. The maximum absolute atomic E-state index is 5.14. The Hall–Kier alpha value is 0.790. The van der Waals surface area contributed by atoms with E-state index in [1.165, 1.54) is 11.5 Å². The van der Waals surface area contributed by atoms with E-state index < -0.39 is 0 Å². The van der Waals surface area contributed by atoms with E-state index in [1.807, 2.05) is 11.8 Å². The Balaban J connectivity index is 2.01. The molecular formula is C7H13BrOS. The SMILES string of the molecule is CC1(CSCCBr)COC1. The molecule has 1 fully saturated rings. The predicted octanol–water partition coefficient (Wildman–Crippen LogP) is 2.15. The molecule has 0 spiro atoms. The summed E-state index contributed by atoms with van der Waals surface area (Å²) >= 11 is 5.41. The molecule has 1 heterocycles. The summed E-state index contributed by atoms with van der Waals surface area (Å²) in [6, 6.07) is 0. The van der Waals surface area contributed by atoms with Crippen LogP contribution >= 0.6 is 27.7 Å². The standard InChI is InChI=1S/C7H13BrOS/c1-7(4-9-5-7)6-10-3-2-8/h2-6H2,1H3. The second-order valence-electron chi connectivity index (χ2n) is 3.05. The average Bonchev–Trinajstić information content (AvgIpc) is 1.85. The molecule has 1 aliphatic rings. The molecule has 0 aromatic carbocycles. The number of rotatable bonds is 4. The molecule has 60 valence electrons. The third-order valence-corrected chi connectivity index (χ3v) is 3.89. The molecule has 0 unspecified atom stereocenters. The summed E-state index contributed by atoms with van der Waals surface area (Å²) in [7, 11) is 0. The summed E-state index contributed by atoms with van der Waals surface area (Å²) in [4.78, 5) is 0. The van der Waals surface area contributed by atoms with Crippen LogP contribution in [0.3, 0.4) is 0 Å². The molecule has 0 aliphatic carbocycles. The van der Waals surface area contributed by atoms with Crippen LogP contribution in [-0.2, 0) is 4.74 Å². The van der Waals surface area contributed by atoms with Gasteiger partial charge in [-0.25, -0.2) is 0 Å². The Labute approximate surface area is 75.0 Å². The lowest BCUT2D eigenvalue weighted by Gasteiger charge is -2.37. The smallest absolute Gasteiger partial charge is 0.0550 e. The molecule has 0 N–H and O–H groups in total. The van der Waals surface area contributed by atoms with Gasteiger partial charge in [-0.1, -0.05) is 22.9 Å². The van der Waals surface area contributed by atoms with Gasteiger partial charge in [0.2, 0.25) is 0 Å². The van der Waals surface area contributed by atoms with Crippen molar-refractivity contribution >= 4 is 27.7 Å². The van der Waals surface area contributed by atoms with E-state index in [2.05, 4.69) is 22.9 Å². The van der Waals surface area contributed by atoms with Crippen LogP contribution in [0, 0.1) is 5.41 Å². The van der Waals surface area contributed by atoms with Gasteiger partial charge in [-0.05, 0) is 0 Å². The van der Waals surface area contributed by atoms with E-state index in [4.69, 9.17) is 4.74 Å². The highest BCUT2D eigenvalue weighted by Crippen LogP contribution is 2.30. The van der Waals surface area contributed by atoms with E-state index in [1.54, 1.807) is 0 Å². The van der Waals surface area contributed by atoms with Crippen LogP contribution in [0.2, 0.25) is 0 Å². The summed E-state index contributed by atoms with van der Waals surface area (Å²) in [6.07, 6.45) is 0. The molecule has 10 heavy (non-hydrogen) atoms. The van der Waals surface area contributed by atoms with Gasteiger partial charge in [-0.3, -0.25) is 0 Å². The van der Waals surface area contributed by atoms with E-state index in [0.29, 0.717) is 5.41 Å². The highest BCUT2D eigenvalue weighted by molar-refractivity contribution is 9.09. The fourth-order valence-corrected chi connectivity index (χ4v) is 2.51. The molecule has 0 radical (unpaired) electrons. The fraction of sp³-hybridized carbons (Fsp3) is 1.00. The molecule has 0 atom stereocenters. The predicted molar refractivity (Wildman–Crippen MR) is 50.0 cm³/mol. The molecule has 1 aliphatic heterocycles. The van der Waals surface area contributed by atoms with Gasteiger partial charge in [0, 0.05) is 22.3 Å². The Morgan fingerprint density at radius 2 is 2.30 bits per heavy atom. The number of ether oxygens (including phenoxy) is 1. The van der Waals surface area contributed by atoms with Crippen LogP contribution in [0.25, 0.3) is 0 Å². The lowest BCUT2D eigenvalue weighted by Crippen LogP contribution is -2.41. The molecule has 0 aromatic rings. The Morgan fingerprint density at radius 3 is 2.70 bits per heavy atom. The zero-order valence-corrected chi connectivity index (χ0v) is 8.63. The maximum Gasteiger partial charge on any atom is 0.0550 e. The van der Waals surface area contributed by atoms with Crippen molar-refractivity contribution in [2.24, 2.45) is 5.41 Å². The largest absolute Gasteiger partial charge is 0.380 e. The van der Waals surface area contributed by atoms with Crippen molar-refractivity contribution in [1.82, 2.24) is 0 Å². The van der Waals surface area contributed by atoms with Gasteiger partial charge in [-0.2, -0.15) is 11.8 Å². The van der Waals surface area contributed by atoms with Gasteiger partial charge in [-0.15, -0.1) is 0 Å². The normalized spacial score (nSPS) is 22.2. The van der Waals surface area contributed by atoms with E-state index in [-0.39, 0.29) is 0 Å². The van der Waals surface area contributed by atoms with Crippen molar-refractivity contribution in [3.8, 4) is 0 Å². The number of halogens is 1. The second-order valence-corrected chi connectivity index (χ2v) is 4.94. The van der Waals surface area contributed by atoms with Crippen LogP contribution < -0.4 is 0 Å². The van der Waals surface area contributed by atoms with Gasteiger partial charge in [0.1, 0.15) is 0 Å². The Bertz CT molecular complexity index is 104. The molecule has 3 heteroatoms. The quantitative estimate of drug-likeness (QED) is 0.535. The maximum atomic E-state index is 5.14. The Kier molecular flexibility index (Phi) is 3.53. The first-order chi connectivity index (χ1) is 4.77. The van der Waals surface area contributed by atoms with Crippen LogP contribution in [0.1, 0.15) is 6.92 Å². The zero-order valence-electron chi connectivity index (χ0n) is 6.23. The molecule has 1 rings (SSSR count). The van der Waals surface area contributed by atoms with Crippen LogP contribution in [-0.4, -0.2) is 30.0 Å². The van der Waals surface area contributed by atoms with Crippen molar-refractivity contribution in [3.63, 3.8) is 0 Å². The summed E-state index contributed by atoms with van der Waals surface area (Å²) in [5.74, 6) is 2.47. The molecule has 0 amide bonds. The molecule has 1 saturated heterocycles. The molecule has 0 aromatic heterocycles. The zero-order chi connectivity index (χ0) is 7.45. The monoisotopic (exact) mass is 224 g/mol. The van der Waals surface area contributed by atoms with Crippen LogP contribution in [0.15, 0.2) is 0 Å². The third kappa shape index (κ3) is 2.44. The van der Waals surface area contributed by atoms with Gasteiger partial charge < -0.3 is 4.74 Å². The van der Waals surface area contributed by atoms with Crippen molar-refractivity contribution in [1.29, 1.82) is 0 Å². The topological polar surface area (TPSA) is 9.23 Å². The number of hydrogen-bond donors (Lipinski definition) is 0. The number of thioether (sulfide) groups is 1. The summed E-state index contributed by atoms with van der Waals surface area (Å²) in [5, 5.41) is 1.11. The first-order valence-electron chi connectivity index (χ1n) is 3.48. The minimum Gasteiger partial charge on any atom is -0.380 e. The summed E-state index contributed by atoms with van der Waals surface area (Å²) in [5.41, 5.74) is 0.493. The van der Waals surface area contributed by atoms with Gasteiger partial charge in [0.05, 0.1) is 13.2 Å². The molecule has 1 nitrogen and oxygen atoms in total. The van der Waals surface area contributed by atoms with Crippen LogP contribution in [0.4, 0.5) is 0 Å².